The van der Waals surface area contributed by atoms with Crippen LogP contribution in [0.2, 0.25) is 0 Å². The molecule has 194 valence electrons. The second-order valence-corrected chi connectivity index (χ2v) is 9.59. The van der Waals surface area contributed by atoms with E-state index in [1.54, 1.807) is 27.2 Å². The minimum Gasteiger partial charge on any atom is -0.497 e. The van der Waals surface area contributed by atoms with E-state index in [-0.39, 0.29) is 25.0 Å². The van der Waals surface area contributed by atoms with Crippen molar-refractivity contribution < 1.29 is 23.8 Å². The van der Waals surface area contributed by atoms with Gasteiger partial charge >= 0.3 is 5.97 Å². The molecule has 8 nitrogen and oxygen atoms in total. The van der Waals surface area contributed by atoms with E-state index >= 15 is 0 Å². The lowest BCUT2D eigenvalue weighted by Gasteiger charge is -2.37. The Morgan fingerprint density at radius 3 is 2.51 bits per heavy atom. The lowest BCUT2D eigenvalue weighted by molar-refractivity contribution is -0.139. The van der Waals surface area contributed by atoms with E-state index in [4.69, 9.17) is 19.2 Å². The van der Waals surface area contributed by atoms with Crippen molar-refractivity contribution in [1.29, 1.82) is 0 Å². The number of hydrogen-bond donors (Lipinski definition) is 1. The van der Waals surface area contributed by atoms with Gasteiger partial charge in [-0.15, -0.1) is 0 Å². The third-order valence-electron chi connectivity index (χ3n) is 5.88. The monoisotopic (exact) mass is 521 g/mol. The molecule has 0 fully saturated rings. The number of carbonyl (C=O) groups is 2. The number of rotatable bonds is 9. The Bertz CT molecular complexity index is 1270. The molecule has 9 heteroatoms. The van der Waals surface area contributed by atoms with E-state index in [1.165, 1.54) is 11.8 Å². The van der Waals surface area contributed by atoms with E-state index in [1.807, 2.05) is 66.6 Å². The van der Waals surface area contributed by atoms with Crippen LogP contribution in [0.15, 0.2) is 70.2 Å². The lowest BCUT2D eigenvalue weighted by atomic mass is 9.90. The van der Waals surface area contributed by atoms with Gasteiger partial charge in [-0.05, 0) is 44.4 Å². The molecule has 2 aliphatic rings. The van der Waals surface area contributed by atoms with Crippen molar-refractivity contribution in [1.82, 2.24) is 10.2 Å². The minimum atomic E-state index is -0.667. The Labute approximate surface area is 221 Å². The zero-order valence-corrected chi connectivity index (χ0v) is 22.4. The smallest absolute Gasteiger partial charge is 0.338 e. The number of carbonyl (C=O) groups excluding carboxylic acids is 2. The normalized spacial score (nSPS) is 16.7. The maximum atomic E-state index is 13.6. The van der Waals surface area contributed by atoms with E-state index < -0.39 is 12.0 Å². The number of amidine groups is 1. The highest BCUT2D eigenvalue weighted by Crippen LogP contribution is 2.49. The van der Waals surface area contributed by atoms with Crippen molar-refractivity contribution in [3.63, 3.8) is 0 Å². The molecule has 0 aromatic heterocycles. The first-order valence-electron chi connectivity index (χ1n) is 12.1. The summed E-state index contributed by atoms with van der Waals surface area (Å²) in [5.74, 6) is 0.584. The Morgan fingerprint density at radius 2 is 1.86 bits per heavy atom. The van der Waals surface area contributed by atoms with Gasteiger partial charge in [0.15, 0.2) is 5.17 Å². The summed E-state index contributed by atoms with van der Waals surface area (Å²) in [6.45, 7) is 5.81. The van der Waals surface area contributed by atoms with Gasteiger partial charge in [-0.2, -0.15) is 0 Å². The number of amides is 1. The Hall–Kier alpha value is -3.72. The summed E-state index contributed by atoms with van der Waals surface area (Å²) >= 11 is 1.42. The van der Waals surface area contributed by atoms with Crippen molar-refractivity contribution in [2.45, 2.75) is 39.3 Å². The number of benzene rings is 2. The number of ether oxygens (including phenoxy) is 3. The summed E-state index contributed by atoms with van der Waals surface area (Å²) in [5.41, 5.74) is 3.10. The van der Waals surface area contributed by atoms with Crippen molar-refractivity contribution in [3.05, 3.63) is 76.3 Å². The zero-order valence-electron chi connectivity index (χ0n) is 21.6. The molecule has 4 rings (SSSR count). The minimum absolute atomic E-state index is 0.00518. The Kier molecular flexibility index (Phi) is 8.23. The predicted octanol–water partition coefficient (Wildman–Crippen LogP) is 4.89. The largest absolute Gasteiger partial charge is 0.497 e. The first-order chi connectivity index (χ1) is 17.9. The van der Waals surface area contributed by atoms with Gasteiger partial charge in [0.05, 0.1) is 44.6 Å². The van der Waals surface area contributed by atoms with Crippen LogP contribution in [0.4, 0.5) is 0 Å². The van der Waals surface area contributed by atoms with E-state index in [2.05, 4.69) is 5.32 Å². The number of nitrogens with zero attached hydrogens (tertiary/aromatic N) is 2. The molecule has 1 N–H and O–H groups in total. The fraction of sp³-hybridized carbons (Fsp3) is 0.321. The summed E-state index contributed by atoms with van der Waals surface area (Å²) in [6.07, 6.45) is 0.129. The Balaban J connectivity index is 1.95. The van der Waals surface area contributed by atoms with Crippen LogP contribution in [0.3, 0.4) is 0 Å². The number of fused-ring (bicyclic) bond motifs is 1. The highest BCUT2D eigenvalue weighted by Gasteiger charge is 2.43. The summed E-state index contributed by atoms with van der Waals surface area (Å²) < 4.78 is 16.8. The molecule has 37 heavy (non-hydrogen) atoms. The van der Waals surface area contributed by atoms with Crippen LogP contribution in [0.1, 0.15) is 44.4 Å². The molecular weight excluding hydrogens is 490 g/mol. The topological polar surface area (TPSA) is 89.5 Å². The van der Waals surface area contributed by atoms with Crippen LogP contribution in [0.5, 0.6) is 11.5 Å². The first-order valence-corrected chi connectivity index (χ1v) is 13.0. The fourth-order valence-corrected chi connectivity index (χ4v) is 5.29. The molecule has 1 amide bonds. The van der Waals surface area contributed by atoms with Gasteiger partial charge in [0.2, 0.25) is 5.91 Å². The number of thioether (sulfide) groups is 1. The Morgan fingerprint density at radius 1 is 1.11 bits per heavy atom. The highest BCUT2D eigenvalue weighted by atomic mass is 32.2. The standard InChI is InChI=1S/C28H31N3O5S/c1-6-36-27(33)24-25(18-10-8-7-9-11-18)30-28-31(19(16-37-28)14-23(32)29-17(2)3)26(24)21-15-20(34-4)12-13-22(21)35-5/h7-13,15-17,26H,6,14H2,1-5H3,(H,29,32). The lowest BCUT2D eigenvalue weighted by Crippen LogP contribution is -2.39. The maximum Gasteiger partial charge on any atom is 0.338 e. The first kappa shape index (κ1) is 26.3. The van der Waals surface area contributed by atoms with Crippen LogP contribution in [-0.2, 0) is 14.3 Å². The molecule has 0 spiro atoms. The van der Waals surface area contributed by atoms with Crippen molar-refractivity contribution in [2.24, 2.45) is 4.99 Å². The second kappa shape index (κ2) is 11.6. The molecule has 0 saturated heterocycles. The van der Waals surface area contributed by atoms with Crippen molar-refractivity contribution >= 4 is 34.5 Å². The summed E-state index contributed by atoms with van der Waals surface area (Å²) in [6, 6.07) is 14.3. The third kappa shape index (κ3) is 5.51. The molecular formula is C28H31N3O5S. The molecule has 1 unspecified atom stereocenters. The molecule has 1 atom stereocenters. The van der Waals surface area contributed by atoms with Gasteiger partial charge in [-0.25, -0.2) is 9.79 Å². The number of nitrogens with one attached hydrogen (secondary N) is 1. The van der Waals surface area contributed by atoms with Gasteiger partial charge in [-0.1, -0.05) is 42.1 Å². The molecule has 2 aliphatic heterocycles. The molecule has 0 aliphatic carbocycles. The van der Waals surface area contributed by atoms with Crippen LogP contribution in [0, 0.1) is 0 Å². The molecule has 0 saturated carbocycles. The average Bonchev–Trinajstić information content (AvgIpc) is 3.29. The molecule has 0 bridgehead atoms. The van der Waals surface area contributed by atoms with Crippen molar-refractivity contribution in [3.8, 4) is 11.5 Å². The number of methoxy groups -OCH3 is 2. The van der Waals surface area contributed by atoms with E-state index in [0.717, 1.165) is 11.3 Å². The predicted molar refractivity (Wildman–Crippen MR) is 145 cm³/mol. The van der Waals surface area contributed by atoms with Crippen molar-refractivity contribution in [2.75, 3.05) is 20.8 Å². The maximum absolute atomic E-state index is 13.6. The zero-order chi connectivity index (χ0) is 26.5. The van der Waals surface area contributed by atoms with Gasteiger partial charge in [0.25, 0.3) is 0 Å². The molecule has 2 aromatic rings. The van der Waals surface area contributed by atoms with Crippen LogP contribution in [0.25, 0.3) is 5.70 Å². The van der Waals surface area contributed by atoms with Crippen LogP contribution >= 0.6 is 11.8 Å². The van der Waals surface area contributed by atoms with Gasteiger partial charge < -0.3 is 24.4 Å². The van der Waals surface area contributed by atoms with E-state index in [9.17, 15) is 9.59 Å². The second-order valence-electron chi connectivity index (χ2n) is 8.75. The molecule has 2 heterocycles. The van der Waals surface area contributed by atoms with E-state index in [0.29, 0.717) is 33.5 Å². The highest BCUT2D eigenvalue weighted by molar-refractivity contribution is 8.16. The van der Waals surface area contributed by atoms with Gasteiger partial charge in [0.1, 0.15) is 11.5 Å². The SMILES string of the molecule is CCOC(=O)C1=C(c2ccccc2)N=C2SC=C(CC(=O)NC(C)C)N2C1c1cc(OC)ccc1OC. The number of aliphatic imine (C=N–C) groups is 1. The van der Waals surface area contributed by atoms with Crippen LogP contribution in [-0.4, -0.2) is 48.8 Å². The summed E-state index contributed by atoms with van der Waals surface area (Å²) in [5, 5.41) is 5.52. The number of esters is 1. The summed E-state index contributed by atoms with van der Waals surface area (Å²) in [4.78, 5) is 33.3. The quantitative estimate of drug-likeness (QED) is 0.470. The molecule has 2 aromatic carbocycles. The third-order valence-corrected chi connectivity index (χ3v) is 6.76. The van der Waals surface area contributed by atoms with Crippen LogP contribution < -0.4 is 14.8 Å². The van der Waals surface area contributed by atoms with Gasteiger partial charge in [0, 0.05) is 22.9 Å². The number of hydrogen-bond acceptors (Lipinski definition) is 8. The fourth-order valence-electron chi connectivity index (χ4n) is 4.37. The summed E-state index contributed by atoms with van der Waals surface area (Å²) in [7, 11) is 3.17. The van der Waals surface area contributed by atoms with Gasteiger partial charge in [-0.3, -0.25) is 4.79 Å². The average molecular weight is 522 g/mol. The molecule has 0 radical (unpaired) electrons.